The maximum atomic E-state index is 13.2. The molecule has 9 heteroatoms. The second-order valence-electron chi connectivity index (χ2n) is 8.17. The summed E-state index contributed by atoms with van der Waals surface area (Å²) >= 11 is 1.69. The fourth-order valence-corrected chi connectivity index (χ4v) is 5.66. The van der Waals surface area contributed by atoms with E-state index in [1.54, 1.807) is 22.0 Å². The molecule has 2 aliphatic heterocycles. The molecule has 0 aromatic carbocycles. The number of thiazole rings is 1. The molecule has 1 amide bonds. The molecule has 2 unspecified atom stereocenters. The minimum absolute atomic E-state index is 0.00359. The van der Waals surface area contributed by atoms with Gasteiger partial charge in [-0.2, -0.15) is 5.10 Å². The number of hydrogen-bond acceptors (Lipinski definition) is 6. The highest BCUT2D eigenvalue weighted by Crippen LogP contribution is 2.43. The molecule has 2 fully saturated rings. The van der Waals surface area contributed by atoms with Gasteiger partial charge in [0.2, 0.25) is 0 Å². The molecular weight excluding hydrogens is 376 g/mol. The molecule has 5 heterocycles. The number of aliphatic hydroxyl groups excluding tert-OH is 1. The Balaban J connectivity index is 1.34. The van der Waals surface area contributed by atoms with E-state index in [1.807, 2.05) is 41.3 Å². The lowest BCUT2D eigenvalue weighted by Crippen LogP contribution is -2.38. The summed E-state index contributed by atoms with van der Waals surface area (Å²) in [5.74, 6) is 0.290. The van der Waals surface area contributed by atoms with Crippen LogP contribution in [-0.4, -0.2) is 72.8 Å². The van der Waals surface area contributed by atoms with Gasteiger partial charge in [0.25, 0.3) is 5.91 Å². The van der Waals surface area contributed by atoms with Crippen molar-refractivity contribution in [3.63, 3.8) is 0 Å². The minimum Gasteiger partial charge on any atom is -0.396 e. The number of likely N-dealkylation sites (tertiary alicyclic amines) is 2. The number of aliphatic hydroxyl groups is 1. The molecule has 0 spiro atoms. The summed E-state index contributed by atoms with van der Waals surface area (Å²) in [5.41, 5.74) is 4.17. The van der Waals surface area contributed by atoms with Gasteiger partial charge >= 0.3 is 0 Å². The van der Waals surface area contributed by atoms with Gasteiger partial charge in [0.15, 0.2) is 0 Å². The van der Waals surface area contributed by atoms with Crippen molar-refractivity contribution in [1.29, 1.82) is 0 Å². The van der Waals surface area contributed by atoms with Crippen LogP contribution < -0.4 is 0 Å². The van der Waals surface area contributed by atoms with Gasteiger partial charge in [-0.15, -0.1) is 11.3 Å². The molecule has 0 aliphatic carbocycles. The topological polar surface area (TPSA) is 78.9 Å². The number of imidazole rings is 1. The number of carbonyl (C=O) groups excluding carboxylic acids is 1. The summed E-state index contributed by atoms with van der Waals surface area (Å²) in [6.07, 6.45) is 5.39. The zero-order chi connectivity index (χ0) is 19.5. The van der Waals surface area contributed by atoms with Crippen LogP contribution in [-0.2, 0) is 13.6 Å². The summed E-state index contributed by atoms with van der Waals surface area (Å²) in [6.45, 7) is 5.99. The van der Waals surface area contributed by atoms with E-state index < -0.39 is 0 Å². The third-order valence-electron chi connectivity index (χ3n) is 6.41. The highest BCUT2D eigenvalue weighted by molar-refractivity contribution is 7.09. The van der Waals surface area contributed by atoms with Gasteiger partial charge in [0.1, 0.15) is 11.2 Å². The first-order valence-corrected chi connectivity index (χ1v) is 10.4. The largest absolute Gasteiger partial charge is 0.396 e. The Morgan fingerprint density at radius 1 is 1.36 bits per heavy atom. The van der Waals surface area contributed by atoms with Gasteiger partial charge in [-0.25, -0.2) is 9.50 Å². The predicted molar refractivity (Wildman–Crippen MR) is 105 cm³/mol. The number of aryl methyl sites for hydroxylation is 2. The molecule has 148 valence electrons. The molecule has 3 aromatic rings. The highest BCUT2D eigenvalue weighted by atomic mass is 32.1. The number of carbonyl (C=O) groups is 1. The van der Waals surface area contributed by atoms with Gasteiger partial charge in [0.05, 0.1) is 24.0 Å². The van der Waals surface area contributed by atoms with Crippen molar-refractivity contribution >= 4 is 22.9 Å². The molecule has 0 radical (unpaired) electrons. The Labute approximate surface area is 167 Å². The van der Waals surface area contributed by atoms with Gasteiger partial charge in [-0.1, -0.05) is 0 Å². The van der Waals surface area contributed by atoms with Crippen LogP contribution in [0, 0.1) is 18.3 Å². The first-order chi connectivity index (χ1) is 13.5. The minimum atomic E-state index is -0.241. The van der Waals surface area contributed by atoms with Crippen LogP contribution in [0.1, 0.15) is 20.9 Å². The molecule has 2 atom stereocenters. The van der Waals surface area contributed by atoms with Crippen molar-refractivity contribution in [3.05, 3.63) is 40.2 Å². The maximum absolute atomic E-state index is 13.2. The number of hydrogen-bond donors (Lipinski definition) is 1. The van der Waals surface area contributed by atoms with Crippen LogP contribution in [0.5, 0.6) is 0 Å². The Kier molecular flexibility index (Phi) is 4.08. The van der Waals surface area contributed by atoms with Crippen molar-refractivity contribution in [2.75, 3.05) is 32.8 Å². The Morgan fingerprint density at radius 2 is 2.21 bits per heavy atom. The van der Waals surface area contributed by atoms with Gasteiger partial charge in [0, 0.05) is 62.5 Å². The second-order valence-corrected chi connectivity index (χ2v) is 9.11. The molecule has 5 rings (SSSR count). The van der Waals surface area contributed by atoms with Crippen molar-refractivity contribution in [2.24, 2.45) is 18.4 Å². The molecule has 0 bridgehead atoms. The van der Waals surface area contributed by atoms with E-state index in [0.29, 0.717) is 18.7 Å². The standard InChI is InChI=1S/C19H24N6O2S/c1-13-16(28-12-20-13)8-23-6-14-7-24(10-19(14,9-23)11-26)18(27)15-5-21-25-4-3-22(2)17(15)25/h3-5,12,14,26H,6-11H2,1-2H3. The fraction of sp³-hybridized carbons (Fsp3) is 0.526. The molecule has 1 N–H and O–H groups in total. The number of amides is 1. The highest BCUT2D eigenvalue weighted by Gasteiger charge is 2.53. The normalized spacial score (nSPS) is 25.1. The SMILES string of the molecule is Cc1ncsc1CN1CC2CN(C(=O)c3cnn4ccn(C)c34)CC2(CO)C1. The third kappa shape index (κ3) is 2.61. The lowest BCUT2D eigenvalue weighted by Gasteiger charge is -2.27. The van der Waals surface area contributed by atoms with E-state index in [9.17, 15) is 9.90 Å². The molecule has 8 nitrogen and oxygen atoms in total. The zero-order valence-electron chi connectivity index (χ0n) is 16.1. The zero-order valence-corrected chi connectivity index (χ0v) is 16.9. The Morgan fingerprint density at radius 3 is 2.93 bits per heavy atom. The van der Waals surface area contributed by atoms with Crippen LogP contribution >= 0.6 is 11.3 Å². The molecule has 3 aromatic heterocycles. The maximum Gasteiger partial charge on any atom is 0.259 e. The van der Waals surface area contributed by atoms with E-state index in [2.05, 4.69) is 15.0 Å². The first-order valence-electron chi connectivity index (χ1n) is 9.51. The average Bonchev–Trinajstić information content (AvgIpc) is 3.44. The molecule has 0 saturated carbocycles. The second kappa shape index (κ2) is 6.40. The van der Waals surface area contributed by atoms with E-state index in [4.69, 9.17) is 0 Å². The van der Waals surface area contributed by atoms with Crippen molar-refractivity contribution in [2.45, 2.75) is 13.5 Å². The lowest BCUT2D eigenvalue weighted by molar-refractivity contribution is 0.0720. The number of aromatic nitrogens is 4. The first kappa shape index (κ1) is 17.8. The van der Waals surface area contributed by atoms with E-state index >= 15 is 0 Å². The summed E-state index contributed by atoms with van der Waals surface area (Å²) in [5, 5.41) is 14.5. The fourth-order valence-electron chi connectivity index (χ4n) is 4.84. The molecule has 28 heavy (non-hydrogen) atoms. The van der Waals surface area contributed by atoms with Gasteiger partial charge < -0.3 is 14.6 Å². The molecular formula is C19H24N6O2S. The molecule has 2 saturated heterocycles. The smallest absolute Gasteiger partial charge is 0.259 e. The van der Waals surface area contributed by atoms with Gasteiger partial charge in [-0.3, -0.25) is 9.69 Å². The van der Waals surface area contributed by atoms with E-state index in [0.717, 1.165) is 31.0 Å². The van der Waals surface area contributed by atoms with Gasteiger partial charge in [-0.05, 0) is 12.8 Å². The van der Waals surface area contributed by atoms with Crippen LogP contribution in [0.4, 0.5) is 0 Å². The average molecular weight is 401 g/mol. The van der Waals surface area contributed by atoms with Crippen LogP contribution in [0.15, 0.2) is 24.1 Å². The van der Waals surface area contributed by atoms with Crippen molar-refractivity contribution < 1.29 is 9.90 Å². The van der Waals surface area contributed by atoms with E-state index in [1.165, 1.54) is 4.88 Å². The summed E-state index contributed by atoms with van der Waals surface area (Å²) < 4.78 is 3.64. The molecule has 2 aliphatic rings. The quantitative estimate of drug-likeness (QED) is 0.707. The summed E-state index contributed by atoms with van der Waals surface area (Å²) in [7, 11) is 1.92. The van der Waals surface area contributed by atoms with Crippen LogP contribution in [0.25, 0.3) is 5.65 Å². The Hall–Kier alpha value is -2.23. The van der Waals surface area contributed by atoms with Crippen molar-refractivity contribution in [1.82, 2.24) is 29.0 Å². The summed E-state index contributed by atoms with van der Waals surface area (Å²) in [4.78, 5) is 23.1. The van der Waals surface area contributed by atoms with Crippen LogP contribution in [0.2, 0.25) is 0 Å². The third-order valence-corrected chi connectivity index (χ3v) is 7.33. The van der Waals surface area contributed by atoms with Crippen LogP contribution in [0.3, 0.4) is 0 Å². The van der Waals surface area contributed by atoms with Crippen molar-refractivity contribution in [3.8, 4) is 0 Å². The predicted octanol–water partition coefficient (Wildman–Crippen LogP) is 1.00. The summed E-state index contributed by atoms with van der Waals surface area (Å²) in [6, 6.07) is 0. The lowest BCUT2D eigenvalue weighted by atomic mass is 9.82. The number of fused-ring (bicyclic) bond motifs is 2. The van der Waals surface area contributed by atoms with E-state index in [-0.39, 0.29) is 23.8 Å². The Bertz CT molecular complexity index is 1040. The number of nitrogens with zero attached hydrogens (tertiary/aromatic N) is 6. The number of rotatable bonds is 4. The monoisotopic (exact) mass is 400 g/mol.